The normalized spacial score (nSPS) is 51.3. The number of fused-ring (bicyclic) bond motifs is 2. The van der Waals surface area contributed by atoms with Gasteiger partial charge in [-0.05, 0) is 93.3 Å². The van der Waals surface area contributed by atoms with Gasteiger partial charge in [-0.25, -0.2) is 0 Å². The molecule has 1 aliphatic heterocycles. The number of carbonyl (C=O) groups is 1. The van der Waals surface area contributed by atoms with Crippen LogP contribution >= 0.6 is 0 Å². The van der Waals surface area contributed by atoms with Gasteiger partial charge >= 0.3 is 0 Å². The van der Waals surface area contributed by atoms with Crippen molar-refractivity contribution in [1.29, 1.82) is 0 Å². The van der Waals surface area contributed by atoms with Gasteiger partial charge in [0, 0.05) is 19.0 Å². The molecule has 0 amide bonds. The zero-order valence-electron chi connectivity index (χ0n) is 19.4. The number of Topliss-reactive ketones (excluding diaryl/α,β-unsaturated/α-hetero) is 1. The summed E-state index contributed by atoms with van der Waals surface area (Å²) in [6, 6.07) is 0. The minimum atomic E-state index is -0.289. The van der Waals surface area contributed by atoms with Gasteiger partial charge in [-0.1, -0.05) is 20.3 Å². The molecule has 5 aliphatic rings. The van der Waals surface area contributed by atoms with Crippen molar-refractivity contribution >= 4 is 5.78 Å². The summed E-state index contributed by atoms with van der Waals surface area (Å²) in [5.74, 6) is 4.46. The fourth-order valence-corrected chi connectivity index (χ4v) is 8.60. The van der Waals surface area contributed by atoms with Crippen molar-refractivity contribution in [2.75, 3.05) is 26.2 Å². The summed E-state index contributed by atoms with van der Waals surface area (Å²) in [6.07, 6.45) is 11.0. The van der Waals surface area contributed by atoms with E-state index in [1.165, 1.54) is 38.5 Å². The Bertz CT molecular complexity index is 667. The molecule has 1 N–H and O–H groups in total. The number of carbonyl (C=O) groups excluding carboxylic acids is 1. The Morgan fingerprint density at radius 2 is 2.03 bits per heavy atom. The molecule has 4 heteroatoms. The SMILES string of the molecule is CCC1C(C2CCC3(C)C(CCC3C(=O)CN3CCOC(C)C3)C2)CCC2(O)CC12. The molecule has 1 heterocycles. The van der Waals surface area contributed by atoms with E-state index >= 15 is 0 Å². The van der Waals surface area contributed by atoms with E-state index in [2.05, 4.69) is 25.7 Å². The predicted molar refractivity (Wildman–Crippen MR) is 118 cm³/mol. The molecule has 0 aromatic rings. The second kappa shape index (κ2) is 7.85. The Morgan fingerprint density at radius 1 is 1.20 bits per heavy atom. The van der Waals surface area contributed by atoms with E-state index in [-0.39, 0.29) is 23.0 Å². The monoisotopic (exact) mass is 417 g/mol. The van der Waals surface area contributed by atoms with Gasteiger partial charge in [0.15, 0.2) is 0 Å². The van der Waals surface area contributed by atoms with Crippen LogP contribution in [0.3, 0.4) is 0 Å². The van der Waals surface area contributed by atoms with Crippen LogP contribution in [0.4, 0.5) is 0 Å². The molecule has 4 saturated carbocycles. The fraction of sp³-hybridized carbons (Fsp3) is 0.962. The quantitative estimate of drug-likeness (QED) is 0.725. The molecule has 9 atom stereocenters. The van der Waals surface area contributed by atoms with E-state index in [1.54, 1.807) is 0 Å². The zero-order chi connectivity index (χ0) is 21.1. The van der Waals surface area contributed by atoms with Crippen molar-refractivity contribution < 1.29 is 14.6 Å². The highest BCUT2D eigenvalue weighted by Gasteiger charge is 2.61. The largest absolute Gasteiger partial charge is 0.390 e. The van der Waals surface area contributed by atoms with Crippen LogP contribution in [0.15, 0.2) is 0 Å². The topological polar surface area (TPSA) is 49.8 Å². The van der Waals surface area contributed by atoms with Crippen molar-refractivity contribution in [3.8, 4) is 0 Å². The number of ketones is 1. The van der Waals surface area contributed by atoms with Crippen molar-refractivity contribution in [3.05, 3.63) is 0 Å². The molecule has 0 spiro atoms. The lowest BCUT2D eigenvalue weighted by Gasteiger charge is -2.48. The molecule has 5 fully saturated rings. The lowest BCUT2D eigenvalue weighted by Crippen LogP contribution is -2.47. The van der Waals surface area contributed by atoms with Crippen molar-refractivity contribution in [3.63, 3.8) is 0 Å². The van der Waals surface area contributed by atoms with Crippen LogP contribution in [-0.2, 0) is 9.53 Å². The molecule has 30 heavy (non-hydrogen) atoms. The second-order valence-corrected chi connectivity index (χ2v) is 11.9. The van der Waals surface area contributed by atoms with E-state index in [0.29, 0.717) is 18.2 Å². The van der Waals surface area contributed by atoms with Gasteiger partial charge in [0.1, 0.15) is 5.78 Å². The van der Waals surface area contributed by atoms with Gasteiger partial charge in [0.05, 0.1) is 24.9 Å². The number of ether oxygens (including phenoxy) is 1. The van der Waals surface area contributed by atoms with Crippen molar-refractivity contribution in [1.82, 2.24) is 4.90 Å². The van der Waals surface area contributed by atoms with Gasteiger partial charge in [-0.2, -0.15) is 0 Å². The molecule has 4 nitrogen and oxygen atoms in total. The Balaban J connectivity index is 1.22. The number of hydrogen-bond acceptors (Lipinski definition) is 4. The predicted octanol–water partition coefficient (Wildman–Crippen LogP) is 4.30. The van der Waals surface area contributed by atoms with E-state index in [0.717, 1.165) is 62.6 Å². The zero-order valence-corrected chi connectivity index (χ0v) is 19.4. The number of aliphatic hydroxyl groups is 1. The molecule has 0 aromatic carbocycles. The molecule has 4 aliphatic carbocycles. The molecule has 0 bridgehead atoms. The lowest BCUT2D eigenvalue weighted by molar-refractivity contribution is -0.130. The molecular weight excluding hydrogens is 374 g/mol. The summed E-state index contributed by atoms with van der Waals surface area (Å²) < 4.78 is 5.66. The van der Waals surface area contributed by atoms with Gasteiger partial charge in [-0.3, -0.25) is 9.69 Å². The van der Waals surface area contributed by atoms with Crippen molar-refractivity contribution in [2.24, 2.45) is 40.9 Å². The Labute approximate surface area is 183 Å². The summed E-state index contributed by atoms with van der Waals surface area (Å²) in [5, 5.41) is 10.7. The van der Waals surface area contributed by atoms with Crippen LogP contribution in [0.5, 0.6) is 0 Å². The first-order valence-electron chi connectivity index (χ1n) is 12.9. The third-order valence-electron chi connectivity index (χ3n) is 10.4. The first kappa shape index (κ1) is 21.4. The average molecular weight is 418 g/mol. The average Bonchev–Trinajstić information content (AvgIpc) is 3.28. The number of nitrogens with zero attached hydrogens (tertiary/aromatic N) is 1. The lowest BCUT2D eigenvalue weighted by atomic mass is 9.57. The third kappa shape index (κ3) is 3.59. The number of rotatable bonds is 5. The standard InChI is InChI=1S/C26H43NO3/c1-4-20-21(8-10-26(29)14-23(20)26)18-7-9-25(3)19(13-18)5-6-22(25)24(28)16-27-11-12-30-17(2)15-27/h17-23,29H,4-16H2,1-3H3. The highest BCUT2D eigenvalue weighted by Crippen LogP contribution is 2.64. The Hall–Kier alpha value is -0.450. The third-order valence-corrected chi connectivity index (χ3v) is 10.4. The smallest absolute Gasteiger partial charge is 0.150 e. The minimum Gasteiger partial charge on any atom is -0.390 e. The summed E-state index contributed by atoms with van der Waals surface area (Å²) in [6.45, 7) is 10.1. The maximum absolute atomic E-state index is 13.3. The van der Waals surface area contributed by atoms with Crippen LogP contribution in [-0.4, -0.2) is 53.7 Å². The molecule has 9 unspecified atom stereocenters. The summed E-state index contributed by atoms with van der Waals surface area (Å²) in [5.41, 5.74) is -0.0651. The summed E-state index contributed by atoms with van der Waals surface area (Å²) >= 11 is 0. The first-order chi connectivity index (χ1) is 14.3. The van der Waals surface area contributed by atoms with Crippen LogP contribution in [0.1, 0.15) is 78.6 Å². The van der Waals surface area contributed by atoms with E-state index in [4.69, 9.17) is 4.74 Å². The van der Waals surface area contributed by atoms with Crippen LogP contribution < -0.4 is 0 Å². The highest BCUT2D eigenvalue weighted by atomic mass is 16.5. The molecule has 1 saturated heterocycles. The molecule has 5 rings (SSSR count). The Kier molecular flexibility index (Phi) is 5.60. The van der Waals surface area contributed by atoms with Crippen LogP contribution in [0, 0.1) is 40.9 Å². The maximum atomic E-state index is 13.3. The first-order valence-corrected chi connectivity index (χ1v) is 12.9. The molecular formula is C26H43NO3. The molecule has 0 aromatic heterocycles. The maximum Gasteiger partial charge on any atom is 0.150 e. The van der Waals surface area contributed by atoms with Gasteiger partial charge in [0.2, 0.25) is 0 Å². The minimum absolute atomic E-state index is 0.224. The second-order valence-electron chi connectivity index (χ2n) is 11.9. The fourth-order valence-electron chi connectivity index (χ4n) is 8.60. The van der Waals surface area contributed by atoms with Gasteiger partial charge < -0.3 is 9.84 Å². The number of morpholine rings is 1. The van der Waals surface area contributed by atoms with Crippen LogP contribution in [0.2, 0.25) is 0 Å². The van der Waals surface area contributed by atoms with E-state index in [1.807, 2.05) is 0 Å². The summed E-state index contributed by atoms with van der Waals surface area (Å²) in [4.78, 5) is 15.7. The Morgan fingerprint density at radius 3 is 2.80 bits per heavy atom. The van der Waals surface area contributed by atoms with E-state index < -0.39 is 0 Å². The molecule has 170 valence electrons. The molecule has 0 radical (unpaired) electrons. The number of hydrogen-bond donors (Lipinski definition) is 1. The van der Waals surface area contributed by atoms with Crippen LogP contribution in [0.25, 0.3) is 0 Å². The highest BCUT2D eigenvalue weighted by molar-refractivity contribution is 5.84. The van der Waals surface area contributed by atoms with Gasteiger partial charge in [-0.15, -0.1) is 0 Å². The van der Waals surface area contributed by atoms with Crippen molar-refractivity contribution in [2.45, 2.75) is 90.3 Å². The van der Waals surface area contributed by atoms with Gasteiger partial charge in [0.25, 0.3) is 0 Å². The summed E-state index contributed by atoms with van der Waals surface area (Å²) in [7, 11) is 0. The van der Waals surface area contributed by atoms with E-state index in [9.17, 15) is 9.90 Å².